The number of carbonyl (C=O) groups is 1. The van der Waals surface area contributed by atoms with Crippen LogP contribution in [0.4, 0.5) is 4.39 Å². The Morgan fingerprint density at radius 3 is 2.00 bits per heavy atom. The van der Waals surface area contributed by atoms with Crippen molar-refractivity contribution in [1.29, 1.82) is 0 Å². The molecule has 0 fully saturated rings. The Morgan fingerprint density at radius 2 is 1.35 bits per heavy atom. The number of aromatic nitrogens is 2. The SMILES string of the molecule is O=C(OC(c1ccccc1)c1cnc(-c2ccccc2)n1-c1ccccc1)c1ccc(F)cc1. The minimum Gasteiger partial charge on any atom is -0.447 e. The molecular weight excluding hydrogens is 427 g/mol. The highest BCUT2D eigenvalue weighted by molar-refractivity contribution is 5.89. The minimum absolute atomic E-state index is 0.274. The maximum Gasteiger partial charge on any atom is 0.339 e. The number of ether oxygens (including phenoxy) is 1. The Kier molecular flexibility index (Phi) is 5.99. The van der Waals surface area contributed by atoms with E-state index in [2.05, 4.69) is 0 Å². The van der Waals surface area contributed by atoms with Crippen LogP contribution >= 0.6 is 0 Å². The van der Waals surface area contributed by atoms with Gasteiger partial charge in [-0.15, -0.1) is 0 Å². The van der Waals surface area contributed by atoms with Gasteiger partial charge in [0.25, 0.3) is 0 Å². The molecule has 0 N–H and O–H groups in total. The number of carbonyl (C=O) groups excluding carboxylic acids is 1. The molecule has 0 bridgehead atoms. The number of para-hydroxylation sites is 1. The fourth-order valence-corrected chi connectivity index (χ4v) is 3.88. The summed E-state index contributed by atoms with van der Waals surface area (Å²) in [6, 6.07) is 34.6. The molecule has 0 saturated heterocycles. The van der Waals surface area contributed by atoms with Gasteiger partial charge in [0, 0.05) is 11.3 Å². The highest BCUT2D eigenvalue weighted by Gasteiger charge is 2.26. The fraction of sp³-hybridized carbons (Fsp3) is 0.0345. The molecule has 34 heavy (non-hydrogen) atoms. The van der Waals surface area contributed by atoms with Crippen LogP contribution in [0.2, 0.25) is 0 Å². The first-order valence-corrected chi connectivity index (χ1v) is 10.9. The predicted molar refractivity (Wildman–Crippen MR) is 129 cm³/mol. The van der Waals surface area contributed by atoms with Gasteiger partial charge in [-0.1, -0.05) is 78.9 Å². The van der Waals surface area contributed by atoms with Gasteiger partial charge >= 0.3 is 5.97 Å². The highest BCUT2D eigenvalue weighted by Crippen LogP contribution is 2.33. The summed E-state index contributed by atoms with van der Waals surface area (Å²) in [6.07, 6.45) is 1.01. The molecule has 0 spiro atoms. The van der Waals surface area contributed by atoms with Crippen molar-refractivity contribution < 1.29 is 13.9 Å². The number of rotatable bonds is 6. The molecule has 1 heterocycles. The van der Waals surface area contributed by atoms with Gasteiger partial charge < -0.3 is 4.74 Å². The molecule has 0 aliphatic rings. The van der Waals surface area contributed by atoms with Gasteiger partial charge in [-0.2, -0.15) is 0 Å². The van der Waals surface area contributed by atoms with Crippen LogP contribution in [0, 0.1) is 5.82 Å². The molecule has 4 nitrogen and oxygen atoms in total. The van der Waals surface area contributed by atoms with Crippen LogP contribution < -0.4 is 0 Å². The van der Waals surface area contributed by atoms with E-state index in [-0.39, 0.29) is 5.56 Å². The van der Waals surface area contributed by atoms with Crippen LogP contribution in [0.15, 0.2) is 121 Å². The third-order valence-corrected chi connectivity index (χ3v) is 5.51. The smallest absolute Gasteiger partial charge is 0.339 e. The summed E-state index contributed by atoms with van der Waals surface area (Å²) in [7, 11) is 0. The lowest BCUT2D eigenvalue weighted by atomic mass is 10.1. The Morgan fingerprint density at radius 1 is 0.765 bits per heavy atom. The van der Waals surface area contributed by atoms with Crippen LogP contribution in [-0.4, -0.2) is 15.5 Å². The fourth-order valence-electron chi connectivity index (χ4n) is 3.88. The molecule has 5 aromatic rings. The second-order valence-corrected chi connectivity index (χ2v) is 7.75. The molecule has 1 unspecified atom stereocenters. The van der Waals surface area contributed by atoms with Crippen molar-refractivity contribution in [3.05, 3.63) is 144 Å². The van der Waals surface area contributed by atoms with Gasteiger partial charge in [0.1, 0.15) is 11.6 Å². The molecule has 0 aliphatic heterocycles. The van der Waals surface area contributed by atoms with Gasteiger partial charge in [-0.3, -0.25) is 4.57 Å². The maximum absolute atomic E-state index is 13.4. The predicted octanol–water partition coefficient (Wildman–Crippen LogP) is 6.62. The summed E-state index contributed by atoms with van der Waals surface area (Å²) in [5.41, 5.74) is 3.61. The van der Waals surface area contributed by atoms with Gasteiger partial charge in [0.15, 0.2) is 6.10 Å². The molecule has 1 aromatic heterocycles. The summed E-state index contributed by atoms with van der Waals surface area (Å²) in [5.74, 6) is -0.220. The standard InChI is InChI=1S/C29H21FN2O2/c30-24-18-16-23(17-19-24)29(33)34-27(21-10-4-1-5-11-21)26-20-31-28(22-12-6-2-7-13-22)32(26)25-14-8-3-9-15-25/h1-20,27H. The Hall–Kier alpha value is -4.51. The van der Waals surface area contributed by atoms with Crippen LogP contribution in [0.25, 0.3) is 17.1 Å². The van der Waals surface area contributed by atoms with E-state index >= 15 is 0 Å². The largest absolute Gasteiger partial charge is 0.447 e. The Labute approximate surface area is 196 Å². The zero-order valence-electron chi connectivity index (χ0n) is 18.2. The highest BCUT2D eigenvalue weighted by atomic mass is 19.1. The monoisotopic (exact) mass is 448 g/mol. The average Bonchev–Trinajstić information content (AvgIpc) is 3.34. The van der Waals surface area contributed by atoms with Crippen LogP contribution in [0.1, 0.15) is 27.7 Å². The van der Waals surface area contributed by atoms with Crippen LogP contribution in [0.3, 0.4) is 0 Å². The molecule has 4 aromatic carbocycles. The second kappa shape index (κ2) is 9.55. The molecule has 5 heteroatoms. The second-order valence-electron chi connectivity index (χ2n) is 7.75. The molecule has 0 saturated carbocycles. The molecule has 0 radical (unpaired) electrons. The number of halogens is 1. The number of hydrogen-bond acceptors (Lipinski definition) is 3. The zero-order valence-corrected chi connectivity index (χ0v) is 18.2. The van der Waals surface area contributed by atoms with Gasteiger partial charge in [-0.05, 0) is 42.0 Å². The number of hydrogen-bond donors (Lipinski definition) is 0. The molecule has 1 atom stereocenters. The van der Waals surface area contributed by atoms with E-state index in [0.717, 1.165) is 22.6 Å². The lowest BCUT2D eigenvalue weighted by molar-refractivity contribution is 0.0368. The van der Waals surface area contributed by atoms with E-state index < -0.39 is 17.9 Å². The number of benzene rings is 4. The summed E-state index contributed by atoms with van der Waals surface area (Å²) in [4.78, 5) is 17.8. The van der Waals surface area contributed by atoms with Crippen molar-refractivity contribution in [2.24, 2.45) is 0 Å². The van der Waals surface area contributed by atoms with Crippen LogP contribution in [-0.2, 0) is 4.74 Å². The Balaban J connectivity index is 1.65. The van der Waals surface area contributed by atoms with Crippen molar-refractivity contribution in [3.8, 4) is 17.1 Å². The summed E-state index contributed by atoms with van der Waals surface area (Å²) in [6.45, 7) is 0. The van der Waals surface area contributed by atoms with Gasteiger partial charge in [-0.25, -0.2) is 14.2 Å². The van der Waals surface area contributed by atoms with E-state index in [1.54, 1.807) is 6.20 Å². The molecule has 0 amide bonds. The molecular formula is C29H21FN2O2. The van der Waals surface area contributed by atoms with Gasteiger partial charge in [0.2, 0.25) is 0 Å². The van der Waals surface area contributed by atoms with E-state index in [4.69, 9.17) is 9.72 Å². The first-order chi connectivity index (χ1) is 16.7. The van der Waals surface area contributed by atoms with Crippen molar-refractivity contribution in [1.82, 2.24) is 9.55 Å². The first kappa shape index (κ1) is 21.3. The summed E-state index contributed by atoms with van der Waals surface area (Å²) < 4.78 is 21.4. The van der Waals surface area contributed by atoms with E-state index in [0.29, 0.717) is 5.69 Å². The number of esters is 1. The summed E-state index contributed by atoms with van der Waals surface area (Å²) >= 11 is 0. The van der Waals surface area contributed by atoms with Crippen LogP contribution in [0.5, 0.6) is 0 Å². The van der Waals surface area contributed by atoms with Crippen molar-refractivity contribution in [2.75, 3.05) is 0 Å². The summed E-state index contributed by atoms with van der Waals surface area (Å²) in [5, 5.41) is 0. The molecule has 166 valence electrons. The number of nitrogens with zero attached hydrogens (tertiary/aromatic N) is 2. The first-order valence-electron chi connectivity index (χ1n) is 10.9. The Bertz CT molecular complexity index is 1380. The third kappa shape index (κ3) is 4.36. The lowest BCUT2D eigenvalue weighted by Gasteiger charge is -2.21. The normalized spacial score (nSPS) is 11.7. The van der Waals surface area contributed by atoms with Crippen molar-refractivity contribution >= 4 is 5.97 Å². The van der Waals surface area contributed by atoms with E-state index in [1.807, 2.05) is 95.6 Å². The van der Waals surface area contributed by atoms with Gasteiger partial charge in [0.05, 0.1) is 17.5 Å². The van der Waals surface area contributed by atoms with E-state index in [1.165, 1.54) is 24.3 Å². The molecule has 5 rings (SSSR count). The third-order valence-electron chi connectivity index (χ3n) is 5.51. The lowest BCUT2D eigenvalue weighted by Crippen LogP contribution is -2.16. The minimum atomic E-state index is -0.732. The maximum atomic E-state index is 13.4. The van der Waals surface area contributed by atoms with Crippen molar-refractivity contribution in [3.63, 3.8) is 0 Å². The van der Waals surface area contributed by atoms with E-state index in [9.17, 15) is 9.18 Å². The topological polar surface area (TPSA) is 44.1 Å². The van der Waals surface area contributed by atoms with Crippen molar-refractivity contribution in [2.45, 2.75) is 6.10 Å². The molecule has 0 aliphatic carbocycles. The zero-order chi connectivity index (χ0) is 23.3. The quantitative estimate of drug-likeness (QED) is 0.274. The number of imidazole rings is 1. The average molecular weight is 448 g/mol.